The molecule has 5 N–H and O–H groups in total. The molecule has 2 amide bonds. The number of hydrogen-bond donors (Lipinski definition) is 4. The first kappa shape index (κ1) is 21.8. The molecule has 30 heavy (non-hydrogen) atoms. The van der Waals surface area contributed by atoms with Crippen molar-refractivity contribution in [1.82, 2.24) is 15.5 Å². The van der Waals surface area contributed by atoms with E-state index in [4.69, 9.17) is 11.1 Å². The number of nitrogens with zero attached hydrogens (tertiary/aromatic N) is 1. The summed E-state index contributed by atoms with van der Waals surface area (Å²) in [6.45, 7) is 1.23. The summed E-state index contributed by atoms with van der Waals surface area (Å²) in [5.74, 6) is -0.131. The van der Waals surface area contributed by atoms with Crippen molar-refractivity contribution in [3.8, 4) is 0 Å². The number of allylic oxidation sites excluding steroid dienone is 2. The van der Waals surface area contributed by atoms with Crippen molar-refractivity contribution in [3.63, 3.8) is 0 Å². The lowest BCUT2D eigenvalue weighted by molar-refractivity contribution is -0.137. The molecule has 160 valence electrons. The standard InChI is InChI=1S/C23H31N5O2/c24-22(25)18-12-10-17(11-13-18)15-27-23(30)20-9-6-14-28(20)21(29)16-26-19-7-4-2-1-3-5-8-19/h2,4-5,8,10-13,19-20,26H,1,3,6-7,9,14-16H2,(H3,24,25)(H,27,30)/b4-2-,8-5-/t19-,20+/m1/s1. The molecule has 1 aliphatic heterocycles. The van der Waals surface area contributed by atoms with Crippen LogP contribution in [0.3, 0.4) is 0 Å². The van der Waals surface area contributed by atoms with E-state index < -0.39 is 6.04 Å². The molecule has 1 saturated heterocycles. The van der Waals surface area contributed by atoms with E-state index in [-0.39, 0.29) is 30.2 Å². The van der Waals surface area contributed by atoms with Crippen LogP contribution in [0, 0.1) is 5.41 Å². The average Bonchev–Trinajstić information content (AvgIpc) is 3.21. The SMILES string of the molecule is N=C(N)c1ccc(CNC(=O)[C@@H]2CCCN2C(=O)CN[C@H]2/C=C\CC/C=C\C2)cc1. The Labute approximate surface area is 177 Å². The zero-order valence-corrected chi connectivity index (χ0v) is 17.3. The molecule has 0 saturated carbocycles. The van der Waals surface area contributed by atoms with E-state index in [1.165, 1.54) is 0 Å². The van der Waals surface area contributed by atoms with Crippen molar-refractivity contribution in [2.45, 2.75) is 50.7 Å². The highest BCUT2D eigenvalue weighted by Gasteiger charge is 2.33. The first-order valence-corrected chi connectivity index (χ1v) is 10.6. The van der Waals surface area contributed by atoms with Crippen LogP contribution in [-0.2, 0) is 16.1 Å². The smallest absolute Gasteiger partial charge is 0.243 e. The van der Waals surface area contributed by atoms with Gasteiger partial charge in [0.1, 0.15) is 11.9 Å². The minimum atomic E-state index is -0.413. The molecule has 0 radical (unpaired) electrons. The number of nitrogen functional groups attached to an aromatic ring is 1. The number of nitrogens with one attached hydrogen (secondary N) is 3. The highest BCUT2D eigenvalue weighted by molar-refractivity contribution is 5.94. The van der Waals surface area contributed by atoms with Gasteiger partial charge in [0.15, 0.2) is 0 Å². The molecule has 7 nitrogen and oxygen atoms in total. The van der Waals surface area contributed by atoms with Crippen LogP contribution in [0.5, 0.6) is 0 Å². The number of benzene rings is 1. The second kappa shape index (κ2) is 10.7. The van der Waals surface area contributed by atoms with Crippen LogP contribution in [0.2, 0.25) is 0 Å². The predicted octanol–water partition coefficient (Wildman–Crippen LogP) is 1.83. The molecule has 2 aliphatic rings. The third-order valence-electron chi connectivity index (χ3n) is 5.55. The van der Waals surface area contributed by atoms with Gasteiger partial charge in [0.2, 0.25) is 11.8 Å². The molecule has 3 rings (SSSR count). The molecule has 0 aromatic heterocycles. The van der Waals surface area contributed by atoms with Crippen LogP contribution >= 0.6 is 0 Å². The molecule has 2 atom stereocenters. The maximum absolute atomic E-state index is 12.7. The largest absolute Gasteiger partial charge is 0.384 e. The van der Waals surface area contributed by atoms with Crippen molar-refractivity contribution >= 4 is 17.6 Å². The lowest BCUT2D eigenvalue weighted by atomic mass is 10.1. The maximum Gasteiger partial charge on any atom is 0.243 e. The first-order chi connectivity index (χ1) is 14.5. The number of likely N-dealkylation sites (tertiary alicyclic amines) is 1. The van der Waals surface area contributed by atoms with Gasteiger partial charge in [-0.2, -0.15) is 0 Å². The number of amidine groups is 1. The Morgan fingerprint density at radius 1 is 1.13 bits per heavy atom. The van der Waals surface area contributed by atoms with Crippen molar-refractivity contribution < 1.29 is 9.59 Å². The van der Waals surface area contributed by atoms with Crippen molar-refractivity contribution in [2.75, 3.05) is 13.1 Å². The summed E-state index contributed by atoms with van der Waals surface area (Å²) in [5, 5.41) is 13.7. The van der Waals surface area contributed by atoms with E-state index in [1.54, 1.807) is 17.0 Å². The summed E-state index contributed by atoms with van der Waals surface area (Å²) in [6, 6.07) is 6.95. The molecule has 1 aromatic carbocycles. The highest BCUT2D eigenvalue weighted by Crippen LogP contribution is 2.18. The molecule has 1 fully saturated rings. The Morgan fingerprint density at radius 2 is 1.90 bits per heavy atom. The Balaban J connectivity index is 1.49. The fourth-order valence-electron chi connectivity index (χ4n) is 3.81. The average molecular weight is 410 g/mol. The number of hydrogen-bond acceptors (Lipinski definition) is 4. The second-order valence-corrected chi connectivity index (χ2v) is 7.77. The number of amides is 2. The van der Waals surface area contributed by atoms with Crippen LogP contribution in [0.4, 0.5) is 0 Å². The summed E-state index contributed by atoms with van der Waals surface area (Å²) >= 11 is 0. The van der Waals surface area contributed by atoms with Gasteiger partial charge in [-0.05, 0) is 37.7 Å². The molecule has 1 aliphatic carbocycles. The maximum atomic E-state index is 12.7. The molecular weight excluding hydrogens is 378 g/mol. The van der Waals surface area contributed by atoms with Gasteiger partial charge in [0.05, 0.1) is 6.54 Å². The van der Waals surface area contributed by atoms with E-state index in [1.807, 2.05) is 12.1 Å². The van der Waals surface area contributed by atoms with Gasteiger partial charge in [-0.3, -0.25) is 15.0 Å². The summed E-state index contributed by atoms with van der Waals surface area (Å²) in [6.07, 6.45) is 13.1. The zero-order chi connectivity index (χ0) is 21.3. The van der Waals surface area contributed by atoms with Gasteiger partial charge < -0.3 is 21.3 Å². The van der Waals surface area contributed by atoms with E-state index >= 15 is 0 Å². The second-order valence-electron chi connectivity index (χ2n) is 7.77. The fraction of sp³-hybridized carbons (Fsp3) is 0.435. The summed E-state index contributed by atoms with van der Waals surface area (Å²) in [7, 11) is 0. The zero-order valence-electron chi connectivity index (χ0n) is 17.3. The van der Waals surface area contributed by atoms with Gasteiger partial charge in [-0.25, -0.2) is 0 Å². The molecule has 0 unspecified atom stereocenters. The monoisotopic (exact) mass is 409 g/mol. The number of carbonyl (C=O) groups excluding carboxylic acids is 2. The molecular formula is C23H31N5O2. The summed E-state index contributed by atoms with van der Waals surface area (Å²) in [4.78, 5) is 27.1. The molecule has 0 bridgehead atoms. The third-order valence-corrected chi connectivity index (χ3v) is 5.55. The minimum Gasteiger partial charge on any atom is -0.384 e. The summed E-state index contributed by atoms with van der Waals surface area (Å²) < 4.78 is 0. The lowest BCUT2D eigenvalue weighted by Gasteiger charge is -2.25. The van der Waals surface area contributed by atoms with Crippen LogP contribution < -0.4 is 16.4 Å². The van der Waals surface area contributed by atoms with Crippen LogP contribution in [0.1, 0.15) is 43.2 Å². The van der Waals surface area contributed by atoms with Crippen LogP contribution in [0.25, 0.3) is 0 Å². The quantitative estimate of drug-likeness (QED) is 0.313. The van der Waals surface area contributed by atoms with E-state index in [9.17, 15) is 9.59 Å². The van der Waals surface area contributed by atoms with Gasteiger partial charge in [-0.15, -0.1) is 0 Å². The van der Waals surface area contributed by atoms with E-state index in [0.717, 1.165) is 31.2 Å². The van der Waals surface area contributed by atoms with Gasteiger partial charge in [0.25, 0.3) is 0 Å². The Hall–Kier alpha value is -2.93. The topological polar surface area (TPSA) is 111 Å². The Morgan fingerprint density at radius 3 is 2.67 bits per heavy atom. The molecule has 1 aromatic rings. The Bertz CT molecular complexity index is 815. The first-order valence-electron chi connectivity index (χ1n) is 10.6. The van der Waals surface area contributed by atoms with Crippen LogP contribution in [-0.4, -0.2) is 47.7 Å². The van der Waals surface area contributed by atoms with E-state index in [2.05, 4.69) is 34.9 Å². The van der Waals surface area contributed by atoms with Gasteiger partial charge in [-0.1, -0.05) is 48.6 Å². The molecule has 7 heteroatoms. The lowest BCUT2D eigenvalue weighted by Crippen LogP contribution is -2.49. The van der Waals surface area contributed by atoms with Crippen molar-refractivity contribution in [3.05, 3.63) is 59.7 Å². The van der Waals surface area contributed by atoms with Gasteiger partial charge in [0, 0.05) is 24.7 Å². The number of nitrogens with two attached hydrogens (primary N) is 1. The minimum absolute atomic E-state index is 0.0187. The van der Waals surface area contributed by atoms with Crippen LogP contribution in [0.15, 0.2) is 48.6 Å². The predicted molar refractivity (Wildman–Crippen MR) is 118 cm³/mol. The summed E-state index contributed by atoms with van der Waals surface area (Å²) in [5.41, 5.74) is 7.04. The Kier molecular flexibility index (Phi) is 7.79. The van der Waals surface area contributed by atoms with Gasteiger partial charge >= 0.3 is 0 Å². The van der Waals surface area contributed by atoms with Crippen molar-refractivity contribution in [1.29, 1.82) is 5.41 Å². The number of carbonyl (C=O) groups is 2. The normalized spacial score (nSPS) is 23.3. The van der Waals surface area contributed by atoms with Crippen molar-refractivity contribution in [2.24, 2.45) is 5.73 Å². The van der Waals surface area contributed by atoms with E-state index in [0.29, 0.717) is 25.1 Å². The third kappa shape index (κ3) is 6.03. The molecule has 1 heterocycles. The highest BCUT2D eigenvalue weighted by atomic mass is 16.2. The number of rotatable bonds is 7. The fourth-order valence-corrected chi connectivity index (χ4v) is 3.81. The molecule has 0 spiro atoms.